The van der Waals surface area contributed by atoms with E-state index < -0.39 is 0 Å². The van der Waals surface area contributed by atoms with Gasteiger partial charge in [-0.1, -0.05) is 61.0 Å². The summed E-state index contributed by atoms with van der Waals surface area (Å²) in [4.78, 5) is 0. The second-order valence-corrected chi connectivity index (χ2v) is 7.32. The molecule has 0 saturated heterocycles. The first-order valence-electron chi connectivity index (χ1n) is 7.49. The fraction of sp³-hybridized carbons (Fsp3) is 0.444. The molecule has 0 bridgehead atoms. The molecule has 2 aromatic rings. The third-order valence-corrected chi connectivity index (χ3v) is 5.09. The van der Waals surface area contributed by atoms with E-state index in [0.29, 0.717) is 6.04 Å². The zero-order valence-electron chi connectivity index (χ0n) is 12.5. The molecule has 0 radical (unpaired) electrons. The molecule has 0 spiro atoms. The Labute approximate surface area is 129 Å². The van der Waals surface area contributed by atoms with Gasteiger partial charge in [0.25, 0.3) is 0 Å². The molecule has 1 aliphatic rings. The van der Waals surface area contributed by atoms with Crippen LogP contribution in [0, 0.1) is 0 Å². The Morgan fingerprint density at radius 2 is 1.95 bits per heavy atom. The van der Waals surface area contributed by atoms with Crippen molar-refractivity contribution in [2.75, 3.05) is 6.54 Å². The fourth-order valence-electron chi connectivity index (χ4n) is 3.60. The fourth-order valence-corrected chi connectivity index (χ4v) is 4.20. The Balaban J connectivity index is 2.21. The van der Waals surface area contributed by atoms with Crippen molar-refractivity contribution in [1.82, 2.24) is 5.32 Å². The topological polar surface area (TPSA) is 12.0 Å². The molecule has 20 heavy (non-hydrogen) atoms. The third kappa shape index (κ3) is 2.19. The van der Waals surface area contributed by atoms with Gasteiger partial charge in [-0.25, -0.2) is 0 Å². The van der Waals surface area contributed by atoms with E-state index in [1.807, 2.05) is 0 Å². The van der Waals surface area contributed by atoms with Crippen molar-refractivity contribution in [2.45, 2.75) is 45.1 Å². The van der Waals surface area contributed by atoms with Crippen LogP contribution in [0.3, 0.4) is 0 Å². The van der Waals surface area contributed by atoms with E-state index in [1.165, 1.54) is 39.2 Å². The van der Waals surface area contributed by atoms with Crippen LogP contribution in [-0.4, -0.2) is 6.54 Å². The molecule has 0 saturated carbocycles. The molecule has 3 rings (SSSR count). The summed E-state index contributed by atoms with van der Waals surface area (Å²) < 4.78 is 1.22. The molecule has 106 valence electrons. The standard InChI is InChI=1S/C18H22BrN/c1-4-9-20-16-11-18(2,3)17-13-8-6-5-7-12(13)15(19)10-14(16)17/h5-8,10,16,20H,4,9,11H2,1-3H3. The Morgan fingerprint density at radius 1 is 1.25 bits per heavy atom. The highest BCUT2D eigenvalue weighted by Crippen LogP contribution is 2.49. The van der Waals surface area contributed by atoms with Crippen LogP contribution in [0.4, 0.5) is 0 Å². The Kier molecular flexibility index (Phi) is 3.64. The monoisotopic (exact) mass is 331 g/mol. The Bertz CT molecular complexity index is 645. The molecule has 1 N–H and O–H groups in total. The van der Waals surface area contributed by atoms with E-state index in [9.17, 15) is 0 Å². The first kappa shape index (κ1) is 14.1. The summed E-state index contributed by atoms with van der Waals surface area (Å²) in [5.41, 5.74) is 3.25. The molecular formula is C18H22BrN. The second kappa shape index (κ2) is 5.16. The minimum Gasteiger partial charge on any atom is -0.310 e. The summed E-state index contributed by atoms with van der Waals surface area (Å²) in [5.74, 6) is 0. The van der Waals surface area contributed by atoms with Gasteiger partial charge in [0, 0.05) is 10.5 Å². The maximum Gasteiger partial charge on any atom is 0.0332 e. The number of fused-ring (bicyclic) bond motifs is 3. The number of hydrogen-bond donors (Lipinski definition) is 1. The average molecular weight is 332 g/mol. The van der Waals surface area contributed by atoms with Crippen molar-refractivity contribution in [2.24, 2.45) is 0 Å². The summed E-state index contributed by atoms with van der Waals surface area (Å²) in [6.07, 6.45) is 2.36. The molecule has 0 aromatic heterocycles. The van der Waals surface area contributed by atoms with Crippen LogP contribution in [0.2, 0.25) is 0 Å². The van der Waals surface area contributed by atoms with Gasteiger partial charge in [0.2, 0.25) is 0 Å². The molecule has 1 unspecified atom stereocenters. The maximum atomic E-state index is 3.76. The number of rotatable bonds is 3. The highest BCUT2D eigenvalue weighted by molar-refractivity contribution is 9.10. The van der Waals surface area contributed by atoms with Gasteiger partial charge in [0.15, 0.2) is 0 Å². The van der Waals surface area contributed by atoms with Crippen molar-refractivity contribution in [3.8, 4) is 0 Å². The Morgan fingerprint density at radius 3 is 2.65 bits per heavy atom. The molecule has 2 heteroatoms. The van der Waals surface area contributed by atoms with Gasteiger partial charge in [-0.3, -0.25) is 0 Å². The van der Waals surface area contributed by atoms with Crippen LogP contribution < -0.4 is 5.32 Å². The number of benzene rings is 2. The lowest BCUT2D eigenvalue weighted by Crippen LogP contribution is -2.22. The van der Waals surface area contributed by atoms with E-state index in [0.717, 1.165) is 6.54 Å². The van der Waals surface area contributed by atoms with E-state index in [-0.39, 0.29) is 5.41 Å². The molecule has 1 atom stereocenters. The number of nitrogens with one attached hydrogen (secondary N) is 1. The van der Waals surface area contributed by atoms with Crippen LogP contribution in [0.5, 0.6) is 0 Å². The third-order valence-electron chi connectivity index (χ3n) is 4.43. The molecule has 0 aliphatic heterocycles. The van der Waals surface area contributed by atoms with E-state index >= 15 is 0 Å². The first-order valence-corrected chi connectivity index (χ1v) is 8.29. The van der Waals surface area contributed by atoms with E-state index in [1.54, 1.807) is 0 Å². The molecular weight excluding hydrogens is 310 g/mol. The van der Waals surface area contributed by atoms with Crippen molar-refractivity contribution < 1.29 is 0 Å². The van der Waals surface area contributed by atoms with Gasteiger partial charge in [-0.05, 0) is 52.8 Å². The summed E-state index contributed by atoms with van der Waals surface area (Å²) in [6.45, 7) is 8.06. The van der Waals surface area contributed by atoms with Gasteiger partial charge >= 0.3 is 0 Å². The minimum atomic E-state index is 0.237. The average Bonchev–Trinajstić information content (AvgIpc) is 2.68. The molecule has 1 aliphatic carbocycles. The molecule has 2 aromatic carbocycles. The largest absolute Gasteiger partial charge is 0.310 e. The first-order chi connectivity index (χ1) is 9.54. The zero-order valence-corrected chi connectivity index (χ0v) is 14.0. The van der Waals surface area contributed by atoms with Crippen LogP contribution in [0.25, 0.3) is 10.8 Å². The maximum absolute atomic E-state index is 3.76. The van der Waals surface area contributed by atoms with Gasteiger partial charge in [0.1, 0.15) is 0 Å². The number of hydrogen-bond acceptors (Lipinski definition) is 1. The molecule has 0 amide bonds. The lowest BCUT2D eigenvalue weighted by Gasteiger charge is -2.21. The summed E-state index contributed by atoms with van der Waals surface area (Å²) in [6, 6.07) is 11.6. The Hall–Kier alpha value is -0.860. The van der Waals surface area contributed by atoms with Crippen LogP contribution in [-0.2, 0) is 5.41 Å². The molecule has 1 nitrogen and oxygen atoms in total. The van der Waals surface area contributed by atoms with Crippen molar-refractivity contribution in [3.63, 3.8) is 0 Å². The molecule has 0 heterocycles. The van der Waals surface area contributed by atoms with Crippen molar-refractivity contribution >= 4 is 26.7 Å². The highest BCUT2D eigenvalue weighted by atomic mass is 79.9. The SMILES string of the molecule is CCCNC1CC(C)(C)c2c1cc(Br)c1ccccc21. The second-order valence-electron chi connectivity index (χ2n) is 6.46. The highest BCUT2D eigenvalue weighted by Gasteiger charge is 2.38. The van der Waals surface area contributed by atoms with Crippen LogP contribution in [0.15, 0.2) is 34.8 Å². The normalized spacial score (nSPS) is 20.3. The van der Waals surface area contributed by atoms with Crippen molar-refractivity contribution in [1.29, 1.82) is 0 Å². The van der Waals surface area contributed by atoms with Crippen LogP contribution in [0.1, 0.15) is 50.8 Å². The lowest BCUT2D eigenvalue weighted by atomic mass is 9.83. The molecule has 0 fully saturated rings. The number of halogens is 1. The minimum absolute atomic E-state index is 0.237. The summed E-state index contributed by atoms with van der Waals surface area (Å²) in [5, 5.41) is 6.45. The van der Waals surface area contributed by atoms with Crippen LogP contribution >= 0.6 is 15.9 Å². The van der Waals surface area contributed by atoms with Gasteiger partial charge < -0.3 is 5.32 Å². The van der Waals surface area contributed by atoms with Gasteiger partial charge in [-0.15, -0.1) is 0 Å². The predicted octanol–water partition coefficient (Wildman–Crippen LogP) is 5.32. The summed E-state index contributed by atoms with van der Waals surface area (Å²) in [7, 11) is 0. The summed E-state index contributed by atoms with van der Waals surface area (Å²) >= 11 is 3.76. The zero-order chi connectivity index (χ0) is 14.3. The van der Waals surface area contributed by atoms with Gasteiger partial charge in [0.05, 0.1) is 0 Å². The predicted molar refractivity (Wildman–Crippen MR) is 90.3 cm³/mol. The van der Waals surface area contributed by atoms with E-state index in [4.69, 9.17) is 0 Å². The smallest absolute Gasteiger partial charge is 0.0332 e. The lowest BCUT2D eigenvalue weighted by molar-refractivity contribution is 0.428. The van der Waals surface area contributed by atoms with Crippen molar-refractivity contribution in [3.05, 3.63) is 45.9 Å². The quantitative estimate of drug-likeness (QED) is 0.802. The van der Waals surface area contributed by atoms with Gasteiger partial charge in [-0.2, -0.15) is 0 Å². The van der Waals surface area contributed by atoms with E-state index in [2.05, 4.69) is 72.3 Å².